The molecule has 1 atom stereocenters. The number of hydrogen-bond acceptors (Lipinski definition) is 2. The highest BCUT2D eigenvalue weighted by Crippen LogP contribution is 2.25. The first-order chi connectivity index (χ1) is 13.5. The van der Waals surface area contributed by atoms with Gasteiger partial charge in [0.25, 0.3) is 0 Å². The topological polar surface area (TPSA) is 33.3 Å². The molecule has 3 aromatic carbocycles. The number of nitrogens with one attached hydrogen (secondary N) is 2. The van der Waals surface area contributed by atoms with E-state index < -0.39 is 6.61 Å². The van der Waals surface area contributed by atoms with Crippen molar-refractivity contribution in [2.45, 2.75) is 19.6 Å². The predicted octanol–water partition coefficient (Wildman–Crippen LogP) is 5.67. The van der Waals surface area contributed by atoms with Crippen LogP contribution in [0.1, 0.15) is 22.7 Å². The van der Waals surface area contributed by atoms with Crippen molar-refractivity contribution in [3.05, 3.63) is 95.6 Å². The average molecular weight is 398 g/mol. The number of benzene rings is 3. The van der Waals surface area contributed by atoms with Crippen molar-refractivity contribution in [2.24, 2.45) is 0 Å². The van der Waals surface area contributed by atoms with Crippen molar-refractivity contribution < 1.29 is 13.5 Å². The number of aryl methyl sites for hydroxylation is 1. The van der Waals surface area contributed by atoms with Crippen LogP contribution in [0, 0.1) is 6.92 Å². The van der Waals surface area contributed by atoms with Crippen LogP contribution in [0.3, 0.4) is 0 Å². The Balaban J connectivity index is 1.80. The van der Waals surface area contributed by atoms with Crippen LogP contribution in [0.15, 0.2) is 78.9 Å². The molecule has 3 rings (SSSR count). The summed E-state index contributed by atoms with van der Waals surface area (Å²) in [5.74, 6) is 0.117. The molecule has 0 aliphatic carbocycles. The predicted molar refractivity (Wildman–Crippen MR) is 112 cm³/mol. The minimum Gasteiger partial charge on any atom is -0.435 e. The van der Waals surface area contributed by atoms with Gasteiger partial charge in [-0.3, -0.25) is 0 Å². The van der Waals surface area contributed by atoms with E-state index in [1.807, 2.05) is 61.5 Å². The van der Waals surface area contributed by atoms with Gasteiger partial charge in [0.15, 0.2) is 5.11 Å². The number of ether oxygens (including phenoxy) is 1. The smallest absolute Gasteiger partial charge is 0.387 e. The van der Waals surface area contributed by atoms with Gasteiger partial charge in [0.1, 0.15) is 5.75 Å². The van der Waals surface area contributed by atoms with Crippen molar-refractivity contribution in [1.82, 2.24) is 5.32 Å². The Hall–Kier alpha value is -2.99. The summed E-state index contributed by atoms with van der Waals surface area (Å²) in [6.45, 7) is -0.836. The molecule has 0 radical (unpaired) electrons. The monoisotopic (exact) mass is 398 g/mol. The maximum absolute atomic E-state index is 12.4. The molecule has 0 bridgehead atoms. The first-order valence-corrected chi connectivity index (χ1v) is 9.16. The summed E-state index contributed by atoms with van der Waals surface area (Å²) in [5, 5.41) is 6.96. The number of thiocarbonyl (C=S) groups is 1. The average Bonchev–Trinajstić information content (AvgIpc) is 2.67. The zero-order valence-corrected chi connectivity index (χ0v) is 16.0. The van der Waals surface area contributed by atoms with Crippen LogP contribution >= 0.6 is 12.2 Å². The van der Waals surface area contributed by atoms with Gasteiger partial charge in [-0.25, -0.2) is 0 Å². The zero-order chi connectivity index (χ0) is 19.9. The van der Waals surface area contributed by atoms with Crippen LogP contribution in [0.4, 0.5) is 14.5 Å². The molecule has 0 amide bonds. The van der Waals surface area contributed by atoms with E-state index in [0.29, 0.717) is 5.11 Å². The molecule has 0 aliphatic rings. The fourth-order valence-electron chi connectivity index (χ4n) is 2.87. The van der Waals surface area contributed by atoms with E-state index in [4.69, 9.17) is 12.2 Å². The van der Waals surface area contributed by atoms with Crippen LogP contribution in [0.5, 0.6) is 5.75 Å². The third-order valence-electron chi connectivity index (χ3n) is 4.12. The molecule has 0 unspecified atom stereocenters. The second-order valence-corrected chi connectivity index (χ2v) is 6.67. The fraction of sp³-hybridized carbons (Fsp3) is 0.136. The largest absolute Gasteiger partial charge is 0.435 e. The summed E-state index contributed by atoms with van der Waals surface area (Å²) in [6.07, 6.45) is 0. The van der Waals surface area contributed by atoms with E-state index >= 15 is 0 Å². The van der Waals surface area contributed by atoms with Gasteiger partial charge >= 0.3 is 6.61 Å². The summed E-state index contributed by atoms with van der Waals surface area (Å²) in [7, 11) is 0. The molecule has 28 heavy (non-hydrogen) atoms. The maximum atomic E-state index is 12.4. The highest BCUT2D eigenvalue weighted by Gasteiger charge is 2.16. The highest BCUT2D eigenvalue weighted by molar-refractivity contribution is 7.80. The Morgan fingerprint density at radius 2 is 1.57 bits per heavy atom. The molecule has 0 aromatic heterocycles. The number of anilines is 1. The van der Waals surface area contributed by atoms with E-state index in [9.17, 15) is 8.78 Å². The summed E-state index contributed by atoms with van der Waals surface area (Å²) in [4.78, 5) is 0. The van der Waals surface area contributed by atoms with Gasteiger partial charge in [0.2, 0.25) is 0 Å². The second-order valence-electron chi connectivity index (χ2n) is 6.26. The summed E-state index contributed by atoms with van der Waals surface area (Å²) >= 11 is 5.49. The van der Waals surface area contributed by atoms with Crippen LogP contribution in [0.25, 0.3) is 0 Å². The number of rotatable bonds is 6. The van der Waals surface area contributed by atoms with Gasteiger partial charge < -0.3 is 15.4 Å². The lowest BCUT2D eigenvalue weighted by molar-refractivity contribution is -0.0498. The first-order valence-electron chi connectivity index (χ1n) is 8.75. The van der Waals surface area contributed by atoms with Crippen LogP contribution < -0.4 is 15.4 Å². The quantitative estimate of drug-likeness (QED) is 0.524. The summed E-state index contributed by atoms with van der Waals surface area (Å²) < 4.78 is 29.2. The Bertz CT molecular complexity index is 917. The Labute approximate surface area is 168 Å². The highest BCUT2D eigenvalue weighted by atomic mass is 32.1. The van der Waals surface area contributed by atoms with Gasteiger partial charge in [0.05, 0.1) is 6.04 Å². The molecular formula is C22H20F2N2OS. The van der Waals surface area contributed by atoms with Crippen molar-refractivity contribution in [1.29, 1.82) is 0 Å². The minimum atomic E-state index is -2.85. The number of halogens is 2. The van der Waals surface area contributed by atoms with Gasteiger partial charge in [-0.15, -0.1) is 0 Å². The van der Waals surface area contributed by atoms with Gasteiger partial charge in [-0.2, -0.15) is 8.78 Å². The van der Waals surface area contributed by atoms with E-state index in [0.717, 1.165) is 22.4 Å². The Morgan fingerprint density at radius 1 is 0.893 bits per heavy atom. The molecule has 0 saturated carbocycles. The standard InChI is InChI=1S/C22H20F2N2OS/c1-15-6-5-9-18(14-15)25-22(28)26-20(16-7-3-2-4-8-16)17-10-12-19(13-11-17)27-21(23)24/h2-14,20-21H,1H3,(H2,25,26,28)/t20-/m1/s1. The van der Waals surface area contributed by atoms with Crippen LogP contribution in [-0.2, 0) is 0 Å². The number of hydrogen-bond donors (Lipinski definition) is 2. The van der Waals surface area contributed by atoms with Gasteiger partial charge in [0, 0.05) is 5.69 Å². The van der Waals surface area contributed by atoms with E-state index in [2.05, 4.69) is 15.4 Å². The molecule has 0 spiro atoms. The third kappa shape index (κ3) is 5.50. The van der Waals surface area contributed by atoms with Crippen molar-refractivity contribution in [3.8, 4) is 5.75 Å². The lowest BCUT2D eigenvalue weighted by Crippen LogP contribution is -2.33. The lowest BCUT2D eigenvalue weighted by atomic mass is 9.99. The SMILES string of the molecule is Cc1cccc(NC(=S)N[C@H](c2ccccc2)c2ccc(OC(F)F)cc2)c1. The normalized spacial score (nSPS) is 11.7. The zero-order valence-electron chi connectivity index (χ0n) is 15.2. The van der Waals surface area contributed by atoms with E-state index in [1.54, 1.807) is 12.1 Å². The fourth-order valence-corrected chi connectivity index (χ4v) is 3.10. The molecule has 0 heterocycles. The van der Waals surface area contributed by atoms with E-state index in [1.165, 1.54) is 12.1 Å². The molecule has 0 aliphatic heterocycles. The van der Waals surface area contributed by atoms with Crippen molar-refractivity contribution in [2.75, 3.05) is 5.32 Å². The Kier molecular flexibility index (Phi) is 6.55. The van der Waals surface area contributed by atoms with Crippen LogP contribution in [0.2, 0.25) is 0 Å². The molecular weight excluding hydrogens is 378 g/mol. The molecule has 3 aromatic rings. The summed E-state index contributed by atoms with van der Waals surface area (Å²) in [5.41, 5.74) is 3.90. The molecule has 0 fully saturated rings. The molecule has 144 valence electrons. The lowest BCUT2D eigenvalue weighted by Gasteiger charge is -2.22. The first kappa shape index (κ1) is 19.8. The maximum Gasteiger partial charge on any atom is 0.387 e. The minimum absolute atomic E-state index is 0.117. The van der Waals surface area contributed by atoms with Crippen LogP contribution in [-0.4, -0.2) is 11.7 Å². The molecule has 3 nitrogen and oxygen atoms in total. The summed E-state index contributed by atoms with van der Waals surface area (Å²) in [6, 6.07) is 24.0. The van der Waals surface area contributed by atoms with Gasteiger partial charge in [-0.05, 0) is 60.1 Å². The third-order valence-corrected chi connectivity index (χ3v) is 4.34. The molecule has 6 heteroatoms. The molecule has 0 saturated heterocycles. The van der Waals surface area contributed by atoms with Crippen molar-refractivity contribution in [3.63, 3.8) is 0 Å². The Morgan fingerprint density at radius 3 is 2.21 bits per heavy atom. The van der Waals surface area contributed by atoms with Gasteiger partial charge in [-0.1, -0.05) is 54.6 Å². The second kappa shape index (κ2) is 9.28. The van der Waals surface area contributed by atoms with E-state index in [-0.39, 0.29) is 11.8 Å². The number of alkyl halides is 2. The van der Waals surface area contributed by atoms with Crippen molar-refractivity contribution >= 4 is 23.0 Å². The molecule has 2 N–H and O–H groups in total.